The second-order valence-electron chi connectivity index (χ2n) is 4.41. The van der Waals surface area contributed by atoms with Crippen LogP contribution in [0.2, 0.25) is 0 Å². The van der Waals surface area contributed by atoms with Gasteiger partial charge in [0.1, 0.15) is 10.6 Å². The van der Waals surface area contributed by atoms with Gasteiger partial charge in [0.15, 0.2) is 5.82 Å². The number of nitrogens with two attached hydrogens (primary N) is 1. The number of hydrazine groups is 1. The SMILES string of the molecule is CCc1cc2c(NCc3nc(C)no3)nc(NN)nc2s1. The molecule has 0 unspecified atom stereocenters. The molecule has 0 bridgehead atoms. The van der Waals surface area contributed by atoms with Crippen molar-refractivity contribution >= 4 is 33.3 Å². The highest BCUT2D eigenvalue weighted by atomic mass is 32.1. The Bertz CT molecular complexity index is 766. The largest absolute Gasteiger partial charge is 0.360 e. The van der Waals surface area contributed by atoms with Gasteiger partial charge in [-0.15, -0.1) is 11.3 Å². The first kappa shape index (κ1) is 13.7. The highest BCUT2D eigenvalue weighted by Crippen LogP contribution is 2.30. The quantitative estimate of drug-likeness (QED) is 0.483. The van der Waals surface area contributed by atoms with Gasteiger partial charge in [0.2, 0.25) is 11.8 Å². The number of hydrogen-bond donors (Lipinski definition) is 3. The molecule has 0 amide bonds. The highest BCUT2D eigenvalue weighted by Gasteiger charge is 2.12. The van der Waals surface area contributed by atoms with Crippen molar-refractivity contribution < 1.29 is 4.52 Å². The Morgan fingerprint density at radius 3 is 2.86 bits per heavy atom. The van der Waals surface area contributed by atoms with Gasteiger partial charge in [-0.25, -0.2) is 10.8 Å². The molecule has 4 N–H and O–H groups in total. The Balaban J connectivity index is 1.93. The molecule has 0 atom stereocenters. The van der Waals surface area contributed by atoms with Crippen molar-refractivity contribution in [3.63, 3.8) is 0 Å². The van der Waals surface area contributed by atoms with Crippen molar-refractivity contribution in [2.75, 3.05) is 10.7 Å². The van der Waals surface area contributed by atoms with E-state index in [0.29, 0.717) is 30.0 Å². The fourth-order valence-electron chi connectivity index (χ4n) is 1.92. The summed E-state index contributed by atoms with van der Waals surface area (Å²) < 4.78 is 5.08. The van der Waals surface area contributed by atoms with E-state index in [1.807, 2.05) is 0 Å². The van der Waals surface area contributed by atoms with E-state index in [2.05, 4.69) is 43.8 Å². The molecule has 0 aromatic carbocycles. The number of aryl methyl sites for hydroxylation is 2. The van der Waals surface area contributed by atoms with Gasteiger partial charge < -0.3 is 9.84 Å². The molecule has 0 saturated carbocycles. The Morgan fingerprint density at radius 2 is 2.19 bits per heavy atom. The third kappa shape index (κ3) is 2.78. The van der Waals surface area contributed by atoms with Crippen LogP contribution in [0, 0.1) is 6.92 Å². The van der Waals surface area contributed by atoms with Crippen LogP contribution >= 0.6 is 11.3 Å². The van der Waals surface area contributed by atoms with Crippen molar-refractivity contribution in [3.8, 4) is 0 Å². The van der Waals surface area contributed by atoms with E-state index in [1.54, 1.807) is 18.3 Å². The van der Waals surface area contributed by atoms with Gasteiger partial charge >= 0.3 is 0 Å². The summed E-state index contributed by atoms with van der Waals surface area (Å²) in [6, 6.07) is 2.09. The fraction of sp³-hybridized carbons (Fsp3) is 0.333. The second kappa shape index (κ2) is 5.62. The molecule has 0 saturated heterocycles. The average Bonchev–Trinajstić information content (AvgIpc) is 3.10. The molecule has 0 fully saturated rings. The Kier molecular flexibility index (Phi) is 3.67. The lowest BCUT2D eigenvalue weighted by molar-refractivity contribution is 0.379. The Labute approximate surface area is 124 Å². The molecule has 3 aromatic rings. The monoisotopic (exact) mass is 305 g/mol. The van der Waals surface area contributed by atoms with Crippen LogP contribution in [0.25, 0.3) is 10.2 Å². The van der Waals surface area contributed by atoms with Crippen LogP contribution in [0.4, 0.5) is 11.8 Å². The van der Waals surface area contributed by atoms with Gasteiger partial charge in [-0.3, -0.25) is 5.43 Å². The summed E-state index contributed by atoms with van der Waals surface area (Å²) in [6.45, 7) is 4.28. The van der Waals surface area contributed by atoms with Gasteiger partial charge in [-0.05, 0) is 19.4 Å². The maximum atomic E-state index is 5.42. The average molecular weight is 305 g/mol. The summed E-state index contributed by atoms with van der Waals surface area (Å²) in [7, 11) is 0. The van der Waals surface area contributed by atoms with Gasteiger partial charge in [-0.1, -0.05) is 12.1 Å². The highest BCUT2D eigenvalue weighted by molar-refractivity contribution is 7.18. The van der Waals surface area contributed by atoms with Crippen molar-refractivity contribution in [3.05, 3.63) is 22.7 Å². The van der Waals surface area contributed by atoms with Crippen LogP contribution in [0.15, 0.2) is 10.6 Å². The van der Waals surface area contributed by atoms with Crippen molar-refractivity contribution in [1.29, 1.82) is 0 Å². The summed E-state index contributed by atoms with van der Waals surface area (Å²) >= 11 is 1.63. The predicted octanol–water partition coefficient (Wildman–Crippen LogP) is 1.84. The molecule has 3 rings (SSSR count). The van der Waals surface area contributed by atoms with E-state index >= 15 is 0 Å². The van der Waals surface area contributed by atoms with Crippen LogP contribution in [0.1, 0.15) is 23.5 Å². The minimum atomic E-state index is 0.371. The summed E-state index contributed by atoms with van der Waals surface area (Å²) in [5, 5.41) is 7.91. The number of nitrogens with one attached hydrogen (secondary N) is 2. The zero-order chi connectivity index (χ0) is 14.8. The van der Waals surface area contributed by atoms with Crippen molar-refractivity contribution in [2.45, 2.75) is 26.8 Å². The molecular formula is C12H15N7OS. The normalized spacial score (nSPS) is 11.0. The molecular weight excluding hydrogens is 290 g/mol. The van der Waals surface area contributed by atoms with E-state index in [4.69, 9.17) is 10.4 Å². The Hall–Kier alpha value is -2.26. The number of rotatable bonds is 5. The van der Waals surface area contributed by atoms with Crippen LogP contribution in [-0.4, -0.2) is 20.1 Å². The molecule has 0 spiro atoms. The zero-order valence-corrected chi connectivity index (χ0v) is 12.5. The molecule has 3 heterocycles. The smallest absolute Gasteiger partial charge is 0.245 e. The lowest BCUT2D eigenvalue weighted by Gasteiger charge is -2.06. The molecule has 0 aliphatic carbocycles. The number of thiophene rings is 1. The van der Waals surface area contributed by atoms with Crippen LogP contribution in [0.5, 0.6) is 0 Å². The second-order valence-corrected chi connectivity index (χ2v) is 5.53. The summed E-state index contributed by atoms with van der Waals surface area (Å²) in [5.74, 6) is 7.60. The van der Waals surface area contributed by atoms with Crippen molar-refractivity contribution in [2.24, 2.45) is 5.84 Å². The van der Waals surface area contributed by atoms with Crippen LogP contribution in [0.3, 0.4) is 0 Å². The maximum Gasteiger partial charge on any atom is 0.245 e. The first-order valence-electron chi connectivity index (χ1n) is 6.49. The van der Waals surface area contributed by atoms with E-state index in [-0.39, 0.29) is 0 Å². The minimum Gasteiger partial charge on any atom is -0.360 e. The molecule has 110 valence electrons. The van der Waals surface area contributed by atoms with E-state index in [1.165, 1.54) is 4.88 Å². The number of fused-ring (bicyclic) bond motifs is 1. The standard InChI is InChI=1S/C12H15N7OS/c1-3-7-4-8-10(14-5-9-15-6(2)19-20-9)16-12(18-13)17-11(8)21-7/h4H,3,5,13H2,1-2H3,(H2,14,16,17,18). The summed E-state index contributed by atoms with van der Waals surface area (Å²) in [4.78, 5) is 15.0. The lowest BCUT2D eigenvalue weighted by Crippen LogP contribution is -2.12. The summed E-state index contributed by atoms with van der Waals surface area (Å²) in [6.07, 6.45) is 0.953. The molecule has 9 heteroatoms. The molecule has 21 heavy (non-hydrogen) atoms. The van der Waals surface area contributed by atoms with E-state index in [9.17, 15) is 0 Å². The number of nitrogens with zero attached hydrogens (tertiary/aromatic N) is 4. The fourth-order valence-corrected chi connectivity index (χ4v) is 2.88. The first-order chi connectivity index (χ1) is 10.2. The zero-order valence-electron chi connectivity index (χ0n) is 11.7. The first-order valence-corrected chi connectivity index (χ1v) is 7.31. The molecule has 8 nitrogen and oxygen atoms in total. The lowest BCUT2D eigenvalue weighted by atomic mass is 10.3. The third-order valence-electron chi connectivity index (χ3n) is 2.90. The van der Waals surface area contributed by atoms with Gasteiger partial charge in [0.05, 0.1) is 11.9 Å². The predicted molar refractivity (Wildman–Crippen MR) is 81.0 cm³/mol. The van der Waals surface area contributed by atoms with Crippen molar-refractivity contribution in [1.82, 2.24) is 20.1 Å². The summed E-state index contributed by atoms with van der Waals surface area (Å²) in [5.41, 5.74) is 2.48. The number of nitrogen functional groups attached to an aromatic ring is 1. The van der Waals surface area contributed by atoms with E-state index in [0.717, 1.165) is 16.6 Å². The van der Waals surface area contributed by atoms with Crippen LogP contribution in [-0.2, 0) is 13.0 Å². The Morgan fingerprint density at radius 1 is 1.33 bits per heavy atom. The maximum absolute atomic E-state index is 5.42. The van der Waals surface area contributed by atoms with Gasteiger partial charge in [-0.2, -0.15) is 9.97 Å². The number of aromatic nitrogens is 4. The topological polar surface area (TPSA) is 115 Å². The van der Waals surface area contributed by atoms with E-state index < -0.39 is 0 Å². The van der Waals surface area contributed by atoms with Gasteiger partial charge in [0.25, 0.3) is 0 Å². The minimum absolute atomic E-state index is 0.371. The number of anilines is 2. The third-order valence-corrected chi connectivity index (χ3v) is 4.07. The molecule has 0 radical (unpaired) electrons. The number of hydrogen-bond acceptors (Lipinski definition) is 9. The molecule has 0 aliphatic heterocycles. The van der Waals surface area contributed by atoms with Crippen LogP contribution < -0.4 is 16.6 Å². The molecule has 3 aromatic heterocycles. The molecule has 0 aliphatic rings. The van der Waals surface area contributed by atoms with Gasteiger partial charge in [0, 0.05) is 4.88 Å².